The first-order valence-electron chi connectivity index (χ1n) is 9.10. The first-order valence-corrected chi connectivity index (χ1v) is 11.0. The van der Waals surface area contributed by atoms with Crippen molar-refractivity contribution in [2.45, 2.75) is 31.7 Å². The third kappa shape index (κ3) is 4.32. The van der Waals surface area contributed by atoms with Crippen molar-refractivity contribution in [3.05, 3.63) is 64.4 Å². The summed E-state index contributed by atoms with van der Waals surface area (Å²) in [7, 11) is -0.561. The van der Waals surface area contributed by atoms with Crippen molar-refractivity contribution in [1.29, 1.82) is 0 Å². The average Bonchev–Trinajstić information content (AvgIpc) is 2.93. The predicted molar refractivity (Wildman–Crippen MR) is 115 cm³/mol. The van der Waals surface area contributed by atoms with E-state index in [-0.39, 0.29) is 10.0 Å². The van der Waals surface area contributed by atoms with Gasteiger partial charge in [-0.2, -0.15) is 5.10 Å². The molecular formula is C21H24ClN3O3S. The molecule has 29 heavy (non-hydrogen) atoms. The van der Waals surface area contributed by atoms with Gasteiger partial charge in [0.1, 0.15) is 15.8 Å². The molecule has 1 heterocycles. The summed E-state index contributed by atoms with van der Waals surface area (Å²) >= 11 is 6.13. The lowest BCUT2D eigenvalue weighted by Crippen LogP contribution is -2.27. The Morgan fingerprint density at radius 1 is 1.14 bits per heavy atom. The van der Waals surface area contributed by atoms with Gasteiger partial charge in [0, 0.05) is 18.7 Å². The van der Waals surface area contributed by atoms with Crippen LogP contribution in [0.5, 0.6) is 5.75 Å². The lowest BCUT2D eigenvalue weighted by molar-refractivity contribution is 0.416. The Kier molecular flexibility index (Phi) is 6.03. The molecule has 6 nitrogen and oxygen atoms in total. The van der Waals surface area contributed by atoms with E-state index >= 15 is 0 Å². The molecule has 0 aliphatic carbocycles. The van der Waals surface area contributed by atoms with Crippen molar-refractivity contribution in [1.82, 2.24) is 14.5 Å². The van der Waals surface area contributed by atoms with Gasteiger partial charge < -0.3 is 4.74 Å². The van der Waals surface area contributed by atoms with Crippen LogP contribution in [0, 0.1) is 13.8 Å². The van der Waals surface area contributed by atoms with Crippen LogP contribution in [-0.2, 0) is 17.1 Å². The second-order valence-electron chi connectivity index (χ2n) is 7.00. The third-order valence-corrected chi connectivity index (χ3v) is 7.01. The number of benzene rings is 2. The van der Waals surface area contributed by atoms with Gasteiger partial charge >= 0.3 is 0 Å². The molecular weight excluding hydrogens is 410 g/mol. The highest BCUT2D eigenvalue weighted by Crippen LogP contribution is 2.32. The predicted octanol–water partition coefficient (Wildman–Crippen LogP) is 4.41. The molecule has 0 bridgehead atoms. The topological polar surface area (TPSA) is 73.2 Å². The van der Waals surface area contributed by atoms with Crippen molar-refractivity contribution >= 4 is 21.6 Å². The van der Waals surface area contributed by atoms with E-state index in [9.17, 15) is 8.42 Å². The molecule has 0 unspecified atom stereocenters. The number of aromatic nitrogens is 2. The molecule has 0 spiro atoms. The molecule has 0 saturated heterocycles. The van der Waals surface area contributed by atoms with E-state index in [0.29, 0.717) is 5.69 Å². The van der Waals surface area contributed by atoms with Gasteiger partial charge in [0.2, 0.25) is 10.0 Å². The van der Waals surface area contributed by atoms with E-state index in [0.717, 1.165) is 28.0 Å². The van der Waals surface area contributed by atoms with Crippen molar-refractivity contribution < 1.29 is 13.2 Å². The van der Waals surface area contributed by atoms with Crippen LogP contribution in [0.3, 0.4) is 0 Å². The zero-order valence-corrected chi connectivity index (χ0v) is 18.6. The molecule has 0 radical (unpaired) electrons. The fourth-order valence-electron chi connectivity index (χ4n) is 3.27. The van der Waals surface area contributed by atoms with Crippen molar-refractivity contribution in [2.24, 2.45) is 7.05 Å². The Bertz CT molecular complexity index is 1140. The Morgan fingerprint density at radius 2 is 1.79 bits per heavy atom. The molecule has 8 heteroatoms. The first-order chi connectivity index (χ1) is 13.6. The van der Waals surface area contributed by atoms with Crippen molar-refractivity contribution in [3.63, 3.8) is 0 Å². The summed E-state index contributed by atoms with van der Waals surface area (Å²) in [5.74, 6) is 0.791. The zero-order chi connectivity index (χ0) is 21.3. The van der Waals surface area contributed by atoms with Crippen LogP contribution in [0.15, 0.2) is 47.4 Å². The van der Waals surface area contributed by atoms with Gasteiger partial charge in [0.05, 0.1) is 12.8 Å². The highest BCUT2D eigenvalue weighted by molar-refractivity contribution is 7.89. The van der Waals surface area contributed by atoms with E-state index in [1.807, 2.05) is 43.3 Å². The van der Waals surface area contributed by atoms with Crippen LogP contribution < -0.4 is 9.46 Å². The summed E-state index contributed by atoms with van der Waals surface area (Å²) < 4.78 is 35.1. The number of nitrogens with one attached hydrogen (secondary N) is 1. The summed E-state index contributed by atoms with van der Waals surface area (Å²) in [6, 6.07) is 13.3. The maximum atomic E-state index is 12.8. The molecule has 3 aromatic rings. The molecule has 0 aliphatic heterocycles. The van der Waals surface area contributed by atoms with E-state index in [4.69, 9.17) is 16.3 Å². The monoisotopic (exact) mass is 433 g/mol. The Balaban J connectivity index is 1.86. The van der Waals surface area contributed by atoms with E-state index in [1.54, 1.807) is 28.0 Å². The smallest absolute Gasteiger partial charge is 0.246 e. The number of methoxy groups -OCH3 is 1. The van der Waals surface area contributed by atoms with Gasteiger partial charge in [-0.3, -0.25) is 4.68 Å². The minimum Gasteiger partial charge on any atom is -0.496 e. The van der Waals surface area contributed by atoms with E-state index in [1.165, 1.54) is 4.68 Å². The van der Waals surface area contributed by atoms with Crippen molar-refractivity contribution in [3.8, 4) is 16.9 Å². The van der Waals surface area contributed by atoms with E-state index < -0.39 is 16.1 Å². The molecule has 1 atom stereocenters. The van der Waals surface area contributed by atoms with Gasteiger partial charge in [-0.1, -0.05) is 47.5 Å². The maximum Gasteiger partial charge on any atom is 0.246 e. The van der Waals surface area contributed by atoms with Crippen LogP contribution in [0.2, 0.25) is 5.15 Å². The zero-order valence-electron chi connectivity index (χ0n) is 17.0. The quantitative estimate of drug-likeness (QED) is 0.625. The normalized spacial score (nSPS) is 12.8. The summed E-state index contributed by atoms with van der Waals surface area (Å²) in [4.78, 5) is 0.00892. The van der Waals surface area contributed by atoms with Gasteiger partial charge in [-0.05, 0) is 44.0 Å². The Morgan fingerprint density at radius 3 is 2.34 bits per heavy atom. The second-order valence-corrected chi connectivity index (χ2v) is 9.01. The highest BCUT2D eigenvalue weighted by atomic mass is 35.5. The molecule has 2 aromatic carbocycles. The number of hydrogen-bond donors (Lipinski definition) is 1. The molecule has 154 valence electrons. The fourth-order valence-corrected chi connectivity index (χ4v) is 5.26. The Hall–Kier alpha value is -2.35. The van der Waals surface area contributed by atoms with E-state index in [2.05, 4.69) is 15.9 Å². The maximum absolute atomic E-state index is 12.8. The first kappa shape index (κ1) is 21.4. The standard InChI is InChI=1S/C21H24ClN3O3S/c1-13-6-11-19(28-5)18(12-13)17-9-7-16(8-10-17)14(2)24-29(26,27)20-15(3)23-25(4)21(20)22/h6-12,14,24H,1-5H3/t14-/m1/s1. The summed E-state index contributed by atoms with van der Waals surface area (Å²) in [6.07, 6.45) is 0. The number of aryl methyl sites for hydroxylation is 3. The minimum absolute atomic E-state index is 0.00892. The number of ether oxygens (including phenoxy) is 1. The summed E-state index contributed by atoms with van der Waals surface area (Å²) in [6.45, 7) is 5.44. The van der Waals surface area contributed by atoms with Crippen LogP contribution in [0.25, 0.3) is 11.1 Å². The van der Waals surface area contributed by atoms with Gasteiger partial charge in [-0.25, -0.2) is 13.1 Å². The minimum atomic E-state index is -3.81. The number of sulfonamides is 1. The lowest BCUT2D eigenvalue weighted by atomic mass is 9.99. The molecule has 0 fully saturated rings. The van der Waals surface area contributed by atoms with Gasteiger partial charge in [-0.15, -0.1) is 0 Å². The summed E-state index contributed by atoms with van der Waals surface area (Å²) in [5, 5.41) is 4.17. The number of hydrogen-bond acceptors (Lipinski definition) is 4. The van der Waals surface area contributed by atoms with Crippen LogP contribution in [0.1, 0.15) is 29.8 Å². The second kappa shape index (κ2) is 8.18. The average molecular weight is 434 g/mol. The molecule has 0 saturated carbocycles. The molecule has 0 aliphatic rings. The van der Waals surface area contributed by atoms with Crippen LogP contribution >= 0.6 is 11.6 Å². The van der Waals surface area contributed by atoms with Gasteiger partial charge in [0.25, 0.3) is 0 Å². The Labute approximate surface area is 176 Å². The molecule has 1 aromatic heterocycles. The summed E-state index contributed by atoms with van der Waals surface area (Å²) in [5.41, 5.74) is 4.32. The number of rotatable bonds is 6. The lowest BCUT2D eigenvalue weighted by Gasteiger charge is -2.16. The molecule has 0 amide bonds. The van der Waals surface area contributed by atoms with Crippen LogP contribution in [0.4, 0.5) is 0 Å². The van der Waals surface area contributed by atoms with Gasteiger partial charge in [0.15, 0.2) is 0 Å². The highest BCUT2D eigenvalue weighted by Gasteiger charge is 2.27. The fraction of sp³-hybridized carbons (Fsp3) is 0.286. The molecule has 3 rings (SSSR count). The van der Waals surface area contributed by atoms with Crippen LogP contribution in [-0.4, -0.2) is 25.3 Å². The largest absolute Gasteiger partial charge is 0.496 e. The van der Waals surface area contributed by atoms with Crippen molar-refractivity contribution in [2.75, 3.05) is 7.11 Å². The molecule has 1 N–H and O–H groups in total. The number of halogens is 1. The SMILES string of the molecule is COc1ccc(C)cc1-c1ccc([C@@H](C)NS(=O)(=O)c2c(C)nn(C)c2Cl)cc1. The third-order valence-electron chi connectivity index (χ3n) is 4.78. The number of nitrogens with zero attached hydrogens (tertiary/aromatic N) is 2.